The Morgan fingerprint density at radius 1 is 1.00 bits per heavy atom. The number of hydrogen-bond donors (Lipinski definition) is 0. The van der Waals surface area contributed by atoms with Gasteiger partial charge in [0.05, 0.1) is 5.02 Å². The van der Waals surface area contributed by atoms with Crippen molar-refractivity contribution < 1.29 is 4.42 Å². The van der Waals surface area contributed by atoms with Crippen LogP contribution in [0.4, 0.5) is 0 Å². The van der Waals surface area contributed by atoms with Crippen LogP contribution in [0.15, 0.2) is 40.8 Å². The number of aromatic nitrogens is 1. The van der Waals surface area contributed by atoms with Crippen molar-refractivity contribution >= 4 is 22.7 Å². The van der Waals surface area contributed by atoms with E-state index in [0.717, 1.165) is 16.6 Å². The number of rotatable bonds is 1. The van der Waals surface area contributed by atoms with Crippen molar-refractivity contribution in [2.45, 2.75) is 13.8 Å². The molecule has 0 bridgehead atoms. The summed E-state index contributed by atoms with van der Waals surface area (Å²) in [4.78, 5) is 4.52. The summed E-state index contributed by atoms with van der Waals surface area (Å²) >= 11 is 6.12. The summed E-state index contributed by atoms with van der Waals surface area (Å²) in [5.41, 5.74) is 4.73. The van der Waals surface area contributed by atoms with E-state index in [-0.39, 0.29) is 0 Å². The average Bonchev–Trinajstić information content (AvgIpc) is 2.81. The van der Waals surface area contributed by atoms with E-state index in [1.807, 2.05) is 43.3 Å². The Morgan fingerprint density at radius 3 is 2.39 bits per heavy atom. The topological polar surface area (TPSA) is 26.0 Å². The zero-order valence-electron chi connectivity index (χ0n) is 10.2. The second-order valence-electron chi connectivity index (χ2n) is 4.43. The minimum Gasteiger partial charge on any atom is -0.435 e. The van der Waals surface area contributed by atoms with Gasteiger partial charge in [-0.1, -0.05) is 35.4 Å². The Balaban J connectivity index is 2.22. The monoisotopic (exact) mass is 257 g/mol. The summed E-state index contributed by atoms with van der Waals surface area (Å²) in [6.07, 6.45) is 0. The molecular weight excluding hydrogens is 246 g/mol. The second kappa shape index (κ2) is 4.14. The van der Waals surface area contributed by atoms with Gasteiger partial charge in [-0.15, -0.1) is 0 Å². The fourth-order valence-electron chi connectivity index (χ4n) is 1.92. The van der Waals surface area contributed by atoms with Crippen LogP contribution in [0.1, 0.15) is 11.1 Å². The largest absolute Gasteiger partial charge is 0.435 e. The van der Waals surface area contributed by atoms with Crippen molar-refractivity contribution in [2.75, 3.05) is 0 Å². The van der Waals surface area contributed by atoms with Gasteiger partial charge in [0.2, 0.25) is 5.89 Å². The van der Waals surface area contributed by atoms with Crippen molar-refractivity contribution in [1.82, 2.24) is 4.98 Å². The molecule has 3 aromatic rings. The molecule has 1 heterocycles. The molecule has 3 rings (SSSR count). The molecule has 90 valence electrons. The van der Waals surface area contributed by atoms with E-state index < -0.39 is 0 Å². The third-order valence-electron chi connectivity index (χ3n) is 3.00. The lowest BCUT2D eigenvalue weighted by atomic mass is 10.1. The first-order valence-electron chi connectivity index (χ1n) is 5.78. The SMILES string of the molecule is Cc1ccc(-c2nc3c(C)ccc(Cl)c3o2)cc1. The molecule has 0 aliphatic carbocycles. The first-order chi connectivity index (χ1) is 8.65. The van der Waals surface area contributed by atoms with Crippen LogP contribution in [0.3, 0.4) is 0 Å². The maximum Gasteiger partial charge on any atom is 0.227 e. The van der Waals surface area contributed by atoms with Crippen LogP contribution in [0, 0.1) is 13.8 Å². The van der Waals surface area contributed by atoms with Crippen LogP contribution in [0.25, 0.3) is 22.6 Å². The summed E-state index contributed by atoms with van der Waals surface area (Å²) in [5, 5.41) is 0.599. The summed E-state index contributed by atoms with van der Waals surface area (Å²) in [5.74, 6) is 0.612. The van der Waals surface area contributed by atoms with Crippen molar-refractivity contribution in [3.8, 4) is 11.5 Å². The molecule has 0 N–H and O–H groups in total. The van der Waals surface area contributed by atoms with Gasteiger partial charge in [0.25, 0.3) is 0 Å². The molecule has 18 heavy (non-hydrogen) atoms. The number of hydrogen-bond acceptors (Lipinski definition) is 2. The van der Waals surface area contributed by atoms with Crippen molar-refractivity contribution in [2.24, 2.45) is 0 Å². The predicted molar refractivity (Wildman–Crippen MR) is 73.9 cm³/mol. The maximum atomic E-state index is 6.12. The molecule has 0 atom stereocenters. The van der Waals surface area contributed by atoms with Gasteiger partial charge in [-0.3, -0.25) is 0 Å². The van der Waals surface area contributed by atoms with Crippen molar-refractivity contribution in [1.29, 1.82) is 0 Å². The molecule has 0 saturated carbocycles. The van der Waals surface area contributed by atoms with Gasteiger partial charge in [-0.25, -0.2) is 4.98 Å². The minimum atomic E-state index is 0.599. The Kier molecular flexibility index (Phi) is 2.60. The van der Waals surface area contributed by atoms with Gasteiger partial charge in [0, 0.05) is 5.56 Å². The molecule has 0 radical (unpaired) electrons. The molecule has 0 unspecified atom stereocenters. The number of halogens is 1. The third kappa shape index (κ3) is 1.79. The van der Waals surface area contributed by atoms with Crippen molar-refractivity contribution in [3.05, 3.63) is 52.5 Å². The molecule has 0 aliphatic heterocycles. The number of benzene rings is 2. The van der Waals surface area contributed by atoms with E-state index in [1.54, 1.807) is 0 Å². The van der Waals surface area contributed by atoms with Gasteiger partial charge in [0.1, 0.15) is 5.52 Å². The van der Waals surface area contributed by atoms with Crippen LogP contribution >= 0.6 is 11.6 Å². The van der Waals surface area contributed by atoms with Gasteiger partial charge < -0.3 is 4.42 Å². The van der Waals surface area contributed by atoms with E-state index in [2.05, 4.69) is 11.9 Å². The second-order valence-corrected chi connectivity index (χ2v) is 4.83. The Morgan fingerprint density at radius 2 is 1.72 bits per heavy atom. The lowest BCUT2D eigenvalue weighted by Crippen LogP contribution is -1.79. The molecule has 0 aliphatic rings. The lowest BCUT2D eigenvalue weighted by molar-refractivity contribution is 0.620. The fraction of sp³-hybridized carbons (Fsp3) is 0.133. The summed E-state index contributed by atoms with van der Waals surface area (Å²) in [6.45, 7) is 4.05. The first kappa shape index (κ1) is 11.3. The minimum absolute atomic E-state index is 0.599. The lowest BCUT2D eigenvalue weighted by Gasteiger charge is -1.95. The number of aryl methyl sites for hydroxylation is 2. The van der Waals surface area contributed by atoms with Crippen LogP contribution in [0.2, 0.25) is 5.02 Å². The Bertz CT molecular complexity index is 674. The Labute approximate surface area is 110 Å². The molecule has 1 aromatic heterocycles. The maximum absolute atomic E-state index is 6.12. The van der Waals surface area contributed by atoms with E-state index in [0.29, 0.717) is 16.5 Å². The number of fused-ring (bicyclic) bond motifs is 1. The summed E-state index contributed by atoms with van der Waals surface area (Å²) in [7, 11) is 0. The highest BCUT2D eigenvalue weighted by atomic mass is 35.5. The highest BCUT2D eigenvalue weighted by Crippen LogP contribution is 2.30. The fourth-order valence-corrected chi connectivity index (χ4v) is 2.11. The van der Waals surface area contributed by atoms with E-state index in [9.17, 15) is 0 Å². The van der Waals surface area contributed by atoms with Crippen LogP contribution in [-0.4, -0.2) is 4.98 Å². The van der Waals surface area contributed by atoms with Gasteiger partial charge in [0.15, 0.2) is 5.58 Å². The zero-order chi connectivity index (χ0) is 12.7. The number of nitrogens with zero attached hydrogens (tertiary/aromatic N) is 1. The zero-order valence-corrected chi connectivity index (χ0v) is 11.0. The van der Waals surface area contributed by atoms with E-state index >= 15 is 0 Å². The smallest absolute Gasteiger partial charge is 0.227 e. The van der Waals surface area contributed by atoms with E-state index in [1.165, 1.54) is 5.56 Å². The first-order valence-corrected chi connectivity index (χ1v) is 6.15. The quantitative estimate of drug-likeness (QED) is 0.628. The normalized spacial score (nSPS) is 11.1. The number of oxazole rings is 1. The molecule has 0 amide bonds. The summed E-state index contributed by atoms with van der Waals surface area (Å²) in [6, 6.07) is 11.9. The molecule has 0 fully saturated rings. The van der Waals surface area contributed by atoms with E-state index in [4.69, 9.17) is 16.0 Å². The predicted octanol–water partition coefficient (Wildman–Crippen LogP) is 4.77. The van der Waals surface area contributed by atoms with Crippen LogP contribution in [-0.2, 0) is 0 Å². The molecule has 2 nitrogen and oxygen atoms in total. The van der Waals surface area contributed by atoms with Gasteiger partial charge in [-0.05, 0) is 37.6 Å². The third-order valence-corrected chi connectivity index (χ3v) is 3.29. The molecule has 0 spiro atoms. The highest BCUT2D eigenvalue weighted by molar-refractivity contribution is 6.34. The molecule has 2 aromatic carbocycles. The average molecular weight is 258 g/mol. The van der Waals surface area contributed by atoms with Crippen LogP contribution in [0.5, 0.6) is 0 Å². The van der Waals surface area contributed by atoms with Crippen molar-refractivity contribution in [3.63, 3.8) is 0 Å². The highest BCUT2D eigenvalue weighted by Gasteiger charge is 2.12. The Hall–Kier alpha value is -1.80. The molecular formula is C15H12ClNO. The summed E-state index contributed by atoms with van der Waals surface area (Å²) < 4.78 is 5.76. The molecule has 0 saturated heterocycles. The molecule has 3 heteroatoms. The standard InChI is InChI=1S/C15H12ClNO/c1-9-3-6-11(7-4-9)15-17-13-10(2)5-8-12(16)14(13)18-15/h3-8H,1-2H3. The van der Waals surface area contributed by atoms with Gasteiger partial charge >= 0.3 is 0 Å². The van der Waals surface area contributed by atoms with Gasteiger partial charge in [-0.2, -0.15) is 0 Å². The van der Waals surface area contributed by atoms with Crippen LogP contribution < -0.4 is 0 Å².